The monoisotopic (exact) mass is 641 g/mol. The van der Waals surface area contributed by atoms with Gasteiger partial charge < -0.3 is 4.90 Å². The molecule has 0 saturated carbocycles. The van der Waals surface area contributed by atoms with Crippen LogP contribution in [0.25, 0.3) is 21.2 Å². The molecule has 0 amide bonds. The highest BCUT2D eigenvalue weighted by Crippen LogP contribution is 2.49. The fraction of sp³-hybridized carbons (Fsp3) is 0.289. The van der Waals surface area contributed by atoms with Gasteiger partial charge in [-0.25, -0.2) is 0 Å². The van der Waals surface area contributed by atoms with Crippen molar-refractivity contribution in [2.75, 3.05) is 4.90 Å². The van der Waals surface area contributed by atoms with Gasteiger partial charge in [0.2, 0.25) is 0 Å². The summed E-state index contributed by atoms with van der Waals surface area (Å²) in [5.41, 5.74) is 18.3. The van der Waals surface area contributed by atoms with Gasteiger partial charge in [-0.2, -0.15) is 0 Å². The minimum absolute atomic E-state index is 0.0617. The molecule has 238 valence electrons. The molecular formula is C45H44BNS. The topological polar surface area (TPSA) is 3.24 Å². The van der Waals surface area contributed by atoms with E-state index in [0.29, 0.717) is 0 Å². The van der Waals surface area contributed by atoms with E-state index in [0.717, 1.165) is 0 Å². The van der Waals surface area contributed by atoms with Gasteiger partial charge in [0.05, 0.1) is 5.69 Å². The molecule has 1 aliphatic carbocycles. The van der Waals surface area contributed by atoms with Crippen LogP contribution in [-0.4, -0.2) is 6.71 Å². The second kappa shape index (κ2) is 9.99. The molecule has 0 saturated heterocycles. The predicted molar refractivity (Wildman–Crippen MR) is 210 cm³/mol. The zero-order valence-electron chi connectivity index (χ0n) is 29.6. The maximum atomic E-state index is 2.64. The second-order valence-electron chi connectivity index (χ2n) is 17.0. The fourth-order valence-corrected chi connectivity index (χ4v) is 9.85. The first-order valence-electron chi connectivity index (χ1n) is 17.7. The third kappa shape index (κ3) is 4.29. The molecule has 2 aliphatic heterocycles. The Hall–Kier alpha value is -4.08. The number of anilines is 3. The Morgan fingerprint density at radius 3 is 2.00 bits per heavy atom. The highest BCUT2D eigenvalue weighted by molar-refractivity contribution is 7.33. The molecule has 9 rings (SSSR count). The van der Waals surface area contributed by atoms with Crippen LogP contribution in [0.2, 0.25) is 0 Å². The predicted octanol–water partition coefficient (Wildman–Crippen LogP) is 10.2. The number of hydrogen-bond acceptors (Lipinski definition) is 2. The molecule has 1 nitrogen and oxygen atoms in total. The molecule has 6 aromatic rings. The van der Waals surface area contributed by atoms with Crippen LogP contribution in [0.5, 0.6) is 0 Å². The lowest BCUT2D eigenvalue weighted by molar-refractivity contribution is 0.590. The molecule has 1 aromatic heterocycles. The van der Waals surface area contributed by atoms with Crippen LogP contribution in [0.4, 0.5) is 17.1 Å². The van der Waals surface area contributed by atoms with Gasteiger partial charge in [-0.3, -0.25) is 0 Å². The van der Waals surface area contributed by atoms with Crippen LogP contribution in [0.3, 0.4) is 0 Å². The third-order valence-corrected chi connectivity index (χ3v) is 12.7. The Labute approximate surface area is 290 Å². The van der Waals surface area contributed by atoms with Crippen molar-refractivity contribution in [3.63, 3.8) is 0 Å². The Balaban J connectivity index is 1.42. The molecule has 3 heterocycles. The molecule has 3 aliphatic rings. The highest BCUT2D eigenvalue weighted by atomic mass is 32.1. The first kappa shape index (κ1) is 30.0. The maximum absolute atomic E-state index is 2.64. The summed E-state index contributed by atoms with van der Waals surface area (Å²) in [5.74, 6) is 0. The molecule has 3 heteroatoms. The van der Waals surface area contributed by atoms with Crippen LogP contribution in [0.15, 0.2) is 97.1 Å². The average molecular weight is 642 g/mol. The average Bonchev–Trinajstić information content (AvgIpc) is 3.41. The van der Waals surface area contributed by atoms with Crippen molar-refractivity contribution in [3.05, 3.63) is 130 Å². The lowest BCUT2D eigenvalue weighted by atomic mass is 9.32. The van der Waals surface area contributed by atoms with E-state index in [9.17, 15) is 0 Å². The molecule has 0 spiro atoms. The Bertz CT molecular complexity index is 2280. The number of hydrogen-bond donors (Lipinski definition) is 0. The zero-order valence-corrected chi connectivity index (χ0v) is 30.4. The number of nitrogens with zero attached hydrogens (tertiary/aromatic N) is 1. The van der Waals surface area contributed by atoms with Gasteiger partial charge >= 0.3 is 0 Å². The van der Waals surface area contributed by atoms with Gasteiger partial charge in [-0.05, 0) is 104 Å². The summed E-state index contributed by atoms with van der Waals surface area (Å²) in [7, 11) is 0. The molecule has 0 fully saturated rings. The van der Waals surface area contributed by atoms with Crippen molar-refractivity contribution in [2.24, 2.45) is 0 Å². The Morgan fingerprint density at radius 1 is 0.667 bits per heavy atom. The van der Waals surface area contributed by atoms with Gasteiger partial charge in [0.1, 0.15) is 0 Å². The van der Waals surface area contributed by atoms with Crippen LogP contribution < -0.4 is 20.6 Å². The molecule has 0 N–H and O–H groups in total. The minimum Gasteiger partial charge on any atom is -0.310 e. The van der Waals surface area contributed by atoms with Crippen molar-refractivity contribution in [2.45, 2.75) is 84.5 Å². The molecule has 0 atom stereocenters. The molecule has 48 heavy (non-hydrogen) atoms. The van der Waals surface area contributed by atoms with Crippen LogP contribution in [-0.2, 0) is 29.1 Å². The standard InChI is InChI=1S/C45H44BNS/c1-43(2,3)31-16-19-33(20-17-31)47-38-25-30(27-12-10-9-11-13-27)23-36-40(38)46(37-24-29-15-14-28(29)22-35(37)45(36,7)8)42-41(47)34-26-32(44(4,5)6)18-21-39(34)48-42/h9-13,16-26H,14-15H2,1-8H3. The number of aryl methyl sites for hydroxylation is 2. The molecule has 0 bridgehead atoms. The van der Waals surface area contributed by atoms with Gasteiger partial charge in [-0.15, -0.1) is 11.3 Å². The van der Waals surface area contributed by atoms with E-state index in [4.69, 9.17) is 0 Å². The summed E-state index contributed by atoms with van der Waals surface area (Å²) in [6, 6.07) is 37.9. The quantitative estimate of drug-likeness (QED) is 0.170. The summed E-state index contributed by atoms with van der Waals surface area (Å²) >= 11 is 2.01. The number of fused-ring (bicyclic) bond motifs is 7. The van der Waals surface area contributed by atoms with E-state index in [1.54, 1.807) is 11.1 Å². The Kier molecular flexibility index (Phi) is 6.24. The van der Waals surface area contributed by atoms with E-state index in [1.807, 2.05) is 11.3 Å². The van der Waals surface area contributed by atoms with Crippen molar-refractivity contribution in [3.8, 4) is 11.1 Å². The van der Waals surface area contributed by atoms with E-state index in [-0.39, 0.29) is 23.0 Å². The summed E-state index contributed by atoms with van der Waals surface area (Å²) in [4.78, 5) is 2.64. The number of benzene rings is 5. The molecule has 0 radical (unpaired) electrons. The summed E-state index contributed by atoms with van der Waals surface area (Å²) < 4.78 is 2.85. The normalized spacial score (nSPS) is 15.8. The van der Waals surface area contributed by atoms with Crippen LogP contribution in [0.1, 0.15) is 88.8 Å². The highest BCUT2D eigenvalue weighted by Gasteiger charge is 2.48. The van der Waals surface area contributed by atoms with E-state index in [2.05, 4.69) is 157 Å². The van der Waals surface area contributed by atoms with Gasteiger partial charge in [0.25, 0.3) is 6.71 Å². The summed E-state index contributed by atoms with van der Waals surface area (Å²) in [6.07, 6.45) is 2.40. The lowest BCUT2D eigenvalue weighted by Crippen LogP contribution is -2.63. The van der Waals surface area contributed by atoms with Gasteiger partial charge in [-0.1, -0.05) is 128 Å². The first-order chi connectivity index (χ1) is 22.8. The fourth-order valence-electron chi connectivity index (χ4n) is 8.56. The SMILES string of the molecule is CC(C)(C)c1ccc(N2c3cc(-c4ccccc4)cc4c3B(c3cc5c(cc3C4(C)C)CC5)c3sc4ccc(C(C)(C)C)cc4c32)cc1. The van der Waals surface area contributed by atoms with Crippen molar-refractivity contribution in [1.29, 1.82) is 0 Å². The van der Waals surface area contributed by atoms with Crippen molar-refractivity contribution >= 4 is 60.9 Å². The molecular weight excluding hydrogens is 597 g/mol. The maximum Gasteiger partial charge on any atom is 0.260 e. The molecule has 5 aromatic carbocycles. The zero-order chi connectivity index (χ0) is 33.3. The minimum atomic E-state index is -0.124. The largest absolute Gasteiger partial charge is 0.310 e. The second-order valence-corrected chi connectivity index (χ2v) is 18.1. The van der Waals surface area contributed by atoms with Crippen molar-refractivity contribution in [1.82, 2.24) is 0 Å². The van der Waals surface area contributed by atoms with E-state index < -0.39 is 0 Å². The number of thiophene rings is 1. The molecule has 0 unspecified atom stereocenters. The van der Waals surface area contributed by atoms with Crippen LogP contribution in [0, 0.1) is 0 Å². The van der Waals surface area contributed by atoms with Crippen LogP contribution >= 0.6 is 11.3 Å². The lowest BCUT2D eigenvalue weighted by Gasteiger charge is -2.45. The van der Waals surface area contributed by atoms with E-state index in [1.165, 1.54) is 89.1 Å². The summed E-state index contributed by atoms with van der Waals surface area (Å²) in [6.45, 7) is 19.1. The summed E-state index contributed by atoms with van der Waals surface area (Å²) in [5, 5.41) is 1.37. The smallest absolute Gasteiger partial charge is 0.260 e. The Morgan fingerprint density at radius 2 is 1.33 bits per heavy atom. The van der Waals surface area contributed by atoms with Gasteiger partial charge in [0, 0.05) is 31.7 Å². The van der Waals surface area contributed by atoms with E-state index >= 15 is 0 Å². The third-order valence-electron chi connectivity index (χ3n) is 11.5. The van der Waals surface area contributed by atoms with Gasteiger partial charge in [0.15, 0.2) is 0 Å². The van der Waals surface area contributed by atoms with Crippen molar-refractivity contribution < 1.29 is 0 Å². The first-order valence-corrected chi connectivity index (χ1v) is 18.5. The number of rotatable bonds is 2.